The maximum Gasteiger partial charge on any atom is 0.345 e. The van der Waals surface area contributed by atoms with E-state index in [9.17, 15) is 10.1 Å². The van der Waals surface area contributed by atoms with Crippen molar-refractivity contribution in [2.24, 2.45) is 0 Å². The Hall–Kier alpha value is -3.92. The van der Waals surface area contributed by atoms with E-state index < -0.39 is 5.63 Å². The fourth-order valence-corrected chi connectivity index (χ4v) is 4.52. The molecule has 0 radical (unpaired) electrons. The normalized spacial score (nSPS) is 11.6. The SMILES string of the molecule is Cc1ccc(NC=C(C#N)c2nc(-c3cc4c(ccc5ccccc54)oc3=O)cs2)cc1Cl. The molecule has 5 rings (SSSR count). The second kappa shape index (κ2) is 8.55. The summed E-state index contributed by atoms with van der Waals surface area (Å²) in [6.07, 6.45) is 1.58. The fraction of sp³-hybridized carbons (Fsp3) is 0.0385. The molecule has 0 saturated heterocycles. The Labute approximate surface area is 198 Å². The number of allylic oxidation sites excluding steroid dienone is 1. The molecule has 2 heterocycles. The van der Waals surface area contributed by atoms with Gasteiger partial charge in [0.2, 0.25) is 0 Å². The van der Waals surface area contributed by atoms with Crippen molar-refractivity contribution in [3.63, 3.8) is 0 Å². The van der Waals surface area contributed by atoms with Crippen LogP contribution in [0.1, 0.15) is 10.6 Å². The summed E-state index contributed by atoms with van der Waals surface area (Å²) >= 11 is 7.46. The van der Waals surface area contributed by atoms with Crippen LogP contribution < -0.4 is 10.9 Å². The largest absolute Gasteiger partial charge is 0.422 e. The number of halogens is 1. The number of nitrogens with zero attached hydrogens (tertiary/aromatic N) is 2. The topological polar surface area (TPSA) is 78.9 Å². The highest BCUT2D eigenvalue weighted by Gasteiger charge is 2.15. The maximum atomic E-state index is 12.7. The summed E-state index contributed by atoms with van der Waals surface area (Å²) in [6, 6.07) is 21.2. The third-order valence-corrected chi connectivity index (χ3v) is 6.61. The molecule has 5 nitrogen and oxygen atoms in total. The summed E-state index contributed by atoms with van der Waals surface area (Å²) in [5.74, 6) is 0. The molecule has 0 saturated carbocycles. The number of hydrogen-bond acceptors (Lipinski definition) is 6. The zero-order chi connectivity index (χ0) is 22.9. The van der Waals surface area contributed by atoms with Crippen LogP contribution in [0, 0.1) is 18.3 Å². The average molecular weight is 470 g/mol. The Bertz CT molecular complexity index is 1660. The molecule has 0 aliphatic rings. The number of aromatic nitrogens is 1. The lowest BCUT2D eigenvalue weighted by Gasteiger charge is -2.04. The van der Waals surface area contributed by atoms with Crippen molar-refractivity contribution >= 4 is 55.9 Å². The lowest BCUT2D eigenvalue weighted by Crippen LogP contribution is -2.03. The van der Waals surface area contributed by atoms with Gasteiger partial charge < -0.3 is 9.73 Å². The van der Waals surface area contributed by atoms with Crippen LogP contribution in [-0.4, -0.2) is 4.98 Å². The van der Waals surface area contributed by atoms with Crippen molar-refractivity contribution in [1.29, 1.82) is 5.26 Å². The highest BCUT2D eigenvalue weighted by molar-refractivity contribution is 7.11. The van der Waals surface area contributed by atoms with Gasteiger partial charge in [0.05, 0.1) is 11.3 Å². The number of hydrogen-bond donors (Lipinski definition) is 1. The molecule has 0 fully saturated rings. The van der Waals surface area contributed by atoms with Crippen molar-refractivity contribution in [2.45, 2.75) is 6.92 Å². The van der Waals surface area contributed by atoms with E-state index in [2.05, 4.69) is 16.4 Å². The Kier molecular flexibility index (Phi) is 5.43. The Morgan fingerprint density at radius 1 is 1.15 bits per heavy atom. The second-order valence-corrected chi connectivity index (χ2v) is 8.73. The predicted octanol–water partition coefficient (Wildman–Crippen LogP) is 7.01. The monoisotopic (exact) mass is 469 g/mol. The van der Waals surface area contributed by atoms with Crippen LogP contribution in [0.25, 0.3) is 38.6 Å². The van der Waals surface area contributed by atoms with Crippen LogP contribution in [0.5, 0.6) is 0 Å². The number of aryl methyl sites for hydroxylation is 1. The first-order chi connectivity index (χ1) is 16.0. The predicted molar refractivity (Wildman–Crippen MR) is 134 cm³/mol. The quantitative estimate of drug-likeness (QED) is 0.174. The van der Waals surface area contributed by atoms with Crippen molar-refractivity contribution in [1.82, 2.24) is 4.98 Å². The van der Waals surface area contributed by atoms with Crippen LogP contribution in [0.4, 0.5) is 5.69 Å². The molecule has 0 aliphatic heterocycles. The Balaban J connectivity index is 1.52. The first-order valence-corrected chi connectivity index (χ1v) is 11.3. The summed E-state index contributed by atoms with van der Waals surface area (Å²) in [5, 5.41) is 18.5. The van der Waals surface area contributed by atoms with E-state index >= 15 is 0 Å². The zero-order valence-corrected chi connectivity index (χ0v) is 19.0. The van der Waals surface area contributed by atoms with Crippen LogP contribution in [0.3, 0.4) is 0 Å². The third-order valence-electron chi connectivity index (χ3n) is 5.33. The smallest absolute Gasteiger partial charge is 0.345 e. The number of nitriles is 1. The maximum absolute atomic E-state index is 12.7. The first-order valence-electron chi connectivity index (χ1n) is 10.1. The van der Waals surface area contributed by atoms with Crippen LogP contribution >= 0.6 is 22.9 Å². The number of thiazole rings is 1. The number of anilines is 1. The van der Waals surface area contributed by atoms with Crippen molar-refractivity contribution < 1.29 is 4.42 Å². The highest BCUT2D eigenvalue weighted by atomic mass is 35.5. The molecule has 3 aromatic carbocycles. The molecule has 7 heteroatoms. The molecule has 33 heavy (non-hydrogen) atoms. The Morgan fingerprint density at radius 3 is 2.82 bits per heavy atom. The lowest BCUT2D eigenvalue weighted by atomic mass is 10.0. The van der Waals surface area contributed by atoms with Gasteiger partial charge >= 0.3 is 5.63 Å². The summed E-state index contributed by atoms with van der Waals surface area (Å²) in [4.78, 5) is 17.2. The lowest BCUT2D eigenvalue weighted by molar-refractivity contribution is 0.563. The van der Waals surface area contributed by atoms with E-state index in [1.165, 1.54) is 11.3 Å². The molecule has 0 unspecified atom stereocenters. The van der Waals surface area contributed by atoms with Crippen LogP contribution in [0.15, 0.2) is 81.5 Å². The van der Waals surface area contributed by atoms with E-state index in [0.29, 0.717) is 32.4 Å². The van der Waals surface area contributed by atoms with E-state index in [4.69, 9.17) is 16.0 Å². The van der Waals surface area contributed by atoms with Gasteiger partial charge in [0.25, 0.3) is 0 Å². The molecular formula is C26H16ClN3O2S. The van der Waals surface area contributed by atoms with E-state index in [1.807, 2.05) is 55.5 Å². The van der Waals surface area contributed by atoms with Crippen LogP contribution in [0.2, 0.25) is 5.02 Å². The minimum atomic E-state index is -0.468. The highest BCUT2D eigenvalue weighted by Crippen LogP contribution is 2.30. The van der Waals surface area contributed by atoms with Gasteiger partial charge in [-0.3, -0.25) is 0 Å². The summed E-state index contributed by atoms with van der Waals surface area (Å²) in [7, 11) is 0. The van der Waals surface area contributed by atoms with E-state index in [0.717, 1.165) is 27.4 Å². The average Bonchev–Trinajstić information content (AvgIpc) is 3.31. The molecular weight excluding hydrogens is 454 g/mol. The zero-order valence-electron chi connectivity index (χ0n) is 17.4. The van der Waals surface area contributed by atoms with Crippen molar-refractivity contribution in [3.8, 4) is 17.3 Å². The fourth-order valence-electron chi connectivity index (χ4n) is 3.55. The van der Waals surface area contributed by atoms with Gasteiger partial charge in [-0.1, -0.05) is 48.0 Å². The molecule has 0 amide bonds. The number of rotatable bonds is 4. The van der Waals surface area contributed by atoms with Crippen LogP contribution in [-0.2, 0) is 0 Å². The van der Waals surface area contributed by atoms with Gasteiger partial charge in [-0.2, -0.15) is 5.26 Å². The molecule has 0 bridgehead atoms. The van der Waals surface area contributed by atoms with Crippen molar-refractivity contribution in [2.75, 3.05) is 5.32 Å². The van der Waals surface area contributed by atoms with Crippen molar-refractivity contribution in [3.05, 3.63) is 98.3 Å². The molecule has 0 spiro atoms. The standard InChI is InChI=1S/C26H16ClN3O2S/c1-15-6-8-18(10-22(15)27)29-13-17(12-28)25-30-23(14-33-25)21-11-20-19-5-3-2-4-16(19)7-9-24(20)32-26(21)31/h2-11,13-14,29H,1H3. The summed E-state index contributed by atoms with van der Waals surface area (Å²) in [5.41, 5.74) is 2.96. The molecule has 0 atom stereocenters. The first kappa shape index (κ1) is 21.0. The molecule has 160 valence electrons. The van der Waals surface area contributed by atoms with Gasteiger partial charge in [-0.05, 0) is 47.5 Å². The molecule has 2 aromatic heterocycles. The third kappa shape index (κ3) is 4.00. The van der Waals surface area contributed by atoms with Gasteiger partial charge in [0.15, 0.2) is 0 Å². The molecule has 0 aliphatic carbocycles. The Morgan fingerprint density at radius 2 is 2.00 bits per heavy atom. The number of benzene rings is 3. The summed E-state index contributed by atoms with van der Waals surface area (Å²) in [6.45, 7) is 1.92. The second-order valence-electron chi connectivity index (χ2n) is 7.46. The van der Waals surface area contributed by atoms with E-state index in [-0.39, 0.29) is 0 Å². The number of fused-ring (bicyclic) bond motifs is 3. The molecule has 5 aromatic rings. The number of nitrogens with one attached hydrogen (secondary N) is 1. The van der Waals surface area contributed by atoms with Gasteiger partial charge in [0, 0.05) is 27.7 Å². The minimum absolute atomic E-state index is 0.346. The van der Waals surface area contributed by atoms with Gasteiger partial charge in [-0.25, -0.2) is 9.78 Å². The molecule has 1 N–H and O–H groups in total. The summed E-state index contributed by atoms with van der Waals surface area (Å²) < 4.78 is 5.58. The van der Waals surface area contributed by atoms with Gasteiger partial charge in [0.1, 0.15) is 22.2 Å². The van der Waals surface area contributed by atoms with Gasteiger partial charge in [-0.15, -0.1) is 11.3 Å². The van der Waals surface area contributed by atoms with E-state index in [1.54, 1.807) is 23.7 Å². The minimum Gasteiger partial charge on any atom is -0.422 e.